The number of aromatic nitrogens is 1. The van der Waals surface area contributed by atoms with E-state index in [2.05, 4.69) is 77.8 Å². The smallest absolute Gasteiger partial charge is 0.0810 e. The second kappa shape index (κ2) is 5.49. The van der Waals surface area contributed by atoms with E-state index in [1.54, 1.807) is 0 Å². The predicted molar refractivity (Wildman–Crippen MR) is 110 cm³/mol. The van der Waals surface area contributed by atoms with E-state index in [0.29, 0.717) is 0 Å². The Morgan fingerprint density at radius 1 is 0.630 bits per heavy atom. The topological polar surface area (TPSA) is 25.2 Å². The third-order valence-corrected chi connectivity index (χ3v) is 5.52. The van der Waals surface area contributed by atoms with Crippen LogP contribution in [0.4, 0.5) is 5.69 Å². The van der Waals surface area contributed by atoms with Crippen LogP contribution < -0.4 is 0 Å². The first-order valence-corrected chi connectivity index (χ1v) is 9.23. The number of pyridine rings is 1. The molecule has 3 aromatic carbocycles. The number of nitrogens with zero attached hydrogens (tertiary/aromatic N) is 2. The van der Waals surface area contributed by atoms with Crippen LogP contribution in [0.2, 0.25) is 0 Å². The monoisotopic (exact) mass is 344 g/mol. The molecule has 6 rings (SSSR count). The van der Waals surface area contributed by atoms with Crippen molar-refractivity contribution in [3.05, 3.63) is 107 Å². The Morgan fingerprint density at radius 3 is 2.30 bits per heavy atom. The quantitative estimate of drug-likeness (QED) is 0.370. The van der Waals surface area contributed by atoms with Crippen molar-refractivity contribution in [2.24, 2.45) is 4.99 Å². The van der Waals surface area contributed by atoms with Gasteiger partial charge in [0.2, 0.25) is 0 Å². The number of rotatable bonds is 1. The fourth-order valence-electron chi connectivity index (χ4n) is 4.30. The van der Waals surface area contributed by atoms with Gasteiger partial charge in [-0.15, -0.1) is 0 Å². The number of aliphatic imine (C=N–C) groups is 1. The van der Waals surface area contributed by atoms with Gasteiger partial charge in [0.1, 0.15) is 0 Å². The molecule has 0 aliphatic heterocycles. The highest BCUT2D eigenvalue weighted by Crippen LogP contribution is 2.40. The molecule has 27 heavy (non-hydrogen) atoms. The van der Waals surface area contributed by atoms with Crippen LogP contribution in [-0.2, 0) is 6.42 Å². The van der Waals surface area contributed by atoms with Gasteiger partial charge in [-0.2, -0.15) is 0 Å². The van der Waals surface area contributed by atoms with Gasteiger partial charge in [-0.25, -0.2) is 4.99 Å². The van der Waals surface area contributed by atoms with E-state index in [1.165, 1.54) is 27.8 Å². The Bertz CT molecular complexity index is 1200. The molecule has 2 heteroatoms. The minimum atomic E-state index is 0.985. The molecule has 4 aromatic rings. The second-order valence-corrected chi connectivity index (χ2v) is 7.08. The van der Waals surface area contributed by atoms with E-state index in [1.807, 2.05) is 12.3 Å². The average Bonchev–Trinajstić information content (AvgIpc) is 3.24. The lowest BCUT2D eigenvalue weighted by Gasteiger charge is -2.05. The van der Waals surface area contributed by atoms with E-state index >= 15 is 0 Å². The van der Waals surface area contributed by atoms with Crippen molar-refractivity contribution in [1.29, 1.82) is 0 Å². The van der Waals surface area contributed by atoms with Crippen molar-refractivity contribution in [3.63, 3.8) is 0 Å². The van der Waals surface area contributed by atoms with Crippen LogP contribution in [0.1, 0.15) is 22.3 Å². The average molecular weight is 344 g/mol. The van der Waals surface area contributed by atoms with E-state index in [4.69, 9.17) is 4.99 Å². The summed E-state index contributed by atoms with van der Waals surface area (Å²) in [5.74, 6) is 0. The van der Waals surface area contributed by atoms with Crippen LogP contribution in [0.25, 0.3) is 22.4 Å². The predicted octanol–water partition coefficient (Wildman–Crippen LogP) is 5.80. The maximum absolute atomic E-state index is 5.06. The summed E-state index contributed by atoms with van der Waals surface area (Å²) in [5.41, 5.74) is 11.9. The molecule has 126 valence electrons. The van der Waals surface area contributed by atoms with Crippen molar-refractivity contribution in [2.75, 3.05) is 0 Å². The first-order valence-electron chi connectivity index (χ1n) is 9.23. The normalized spacial score (nSPS) is 14.6. The summed E-state index contributed by atoms with van der Waals surface area (Å²) >= 11 is 0. The second-order valence-electron chi connectivity index (χ2n) is 7.08. The van der Waals surface area contributed by atoms with Gasteiger partial charge in [0.15, 0.2) is 0 Å². The summed E-state index contributed by atoms with van der Waals surface area (Å²) < 4.78 is 0. The van der Waals surface area contributed by atoms with Crippen molar-refractivity contribution in [3.8, 4) is 22.4 Å². The Balaban J connectivity index is 1.50. The Labute approximate surface area is 157 Å². The SMILES string of the molecule is c1ccc2c(c1)Cc1cc(N=C3c4ccccc4-c4ncccc43)ccc1-2. The van der Waals surface area contributed by atoms with Gasteiger partial charge in [-0.1, -0.05) is 54.6 Å². The van der Waals surface area contributed by atoms with Gasteiger partial charge in [0.25, 0.3) is 0 Å². The van der Waals surface area contributed by atoms with Crippen molar-refractivity contribution >= 4 is 11.4 Å². The van der Waals surface area contributed by atoms with Gasteiger partial charge in [-0.05, 0) is 52.9 Å². The van der Waals surface area contributed by atoms with Crippen LogP contribution in [0.5, 0.6) is 0 Å². The van der Waals surface area contributed by atoms with E-state index < -0.39 is 0 Å². The number of hydrogen-bond donors (Lipinski definition) is 0. The third-order valence-electron chi connectivity index (χ3n) is 5.52. The van der Waals surface area contributed by atoms with Crippen LogP contribution in [0.3, 0.4) is 0 Å². The molecule has 1 aromatic heterocycles. The van der Waals surface area contributed by atoms with Gasteiger partial charge < -0.3 is 0 Å². The first kappa shape index (κ1) is 14.6. The number of fused-ring (bicyclic) bond motifs is 6. The molecule has 0 fully saturated rings. The summed E-state index contributed by atoms with van der Waals surface area (Å²) in [6.07, 6.45) is 2.84. The van der Waals surface area contributed by atoms with Gasteiger partial charge >= 0.3 is 0 Å². The Kier molecular flexibility index (Phi) is 2.97. The Hall–Kier alpha value is -3.52. The zero-order valence-electron chi connectivity index (χ0n) is 14.7. The number of benzene rings is 3. The molecule has 0 saturated carbocycles. The standard InChI is InChI=1S/C25H16N2/c1-2-7-19-16(6-1)14-17-15-18(11-12-20(17)19)27-25-22-9-4-3-8-21(22)24-23(25)10-5-13-26-24/h1-13,15H,14H2. The summed E-state index contributed by atoms with van der Waals surface area (Å²) in [6.45, 7) is 0. The highest BCUT2D eigenvalue weighted by Gasteiger charge is 2.25. The molecule has 1 heterocycles. The first-order chi connectivity index (χ1) is 13.4. The van der Waals surface area contributed by atoms with Gasteiger partial charge in [-0.3, -0.25) is 4.98 Å². The molecular formula is C25H16N2. The van der Waals surface area contributed by atoms with Crippen LogP contribution in [0, 0.1) is 0 Å². The van der Waals surface area contributed by atoms with Crippen molar-refractivity contribution in [1.82, 2.24) is 4.98 Å². The summed E-state index contributed by atoms with van der Waals surface area (Å²) in [5, 5.41) is 0. The molecule has 0 unspecified atom stereocenters. The molecule has 2 nitrogen and oxygen atoms in total. The van der Waals surface area contributed by atoms with Gasteiger partial charge in [0.05, 0.1) is 17.1 Å². The molecule has 0 atom stereocenters. The fourth-order valence-corrected chi connectivity index (χ4v) is 4.30. The molecule has 0 amide bonds. The zero-order chi connectivity index (χ0) is 17.8. The molecule has 0 bridgehead atoms. The Morgan fingerprint density at radius 2 is 1.37 bits per heavy atom. The third kappa shape index (κ3) is 2.13. The zero-order valence-corrected chi connectivity index (χ0v) is 14.7. The lowest BCUT2D eigenvalue weighted by atomic mass is 10.1. The van der Waals surface area contributed by atoms with Crippen molar-refractivity contribution in [2.45, 2.75) is 6.42 Å². The highest BCUT2D eigenvalue weighted by atomic mass is 14.8. The van der Waals surface area contributed by atoms with Gasteiger partial charge in [0, 0.05) is 22.9 Å². The minimum absolute atomic E-state index is 0.985. The minimum Gasteiger partial charge on any atom is -0.256 e. The summed E-state index contributed by atoms with van der Waals surface area (Å²) in [7, 11) is 0. The summed E-state index contributed by atoms with van der Waals surface area (Å²) in [4.78, 5) is 9.65. The van der Waals surface area contributed by atoms with Crippen molar-refractivity contribution < 1.29 is 0 Å². The molecular weight excluding hydrogens is 328 g/mol. The molecule has 2 aliphatic rings. The maximum atomic E-state index is 5.06. The lowest BCUT2D eigenvalue weighted by Crippen LogP contribution is -1.97. The largest absolute Gasteiger partial charge is 0.256 e. The fraction of sp³-hybridized carbons (Fsp3) is 0.0400. The lowest BCUT2D eigenvalue weighted by molar-refractivity contribution is 1.26. The molecule has 0 radical (unpaired) electrons. The van der Waals surface area contributed by atoms with Crippen LogP contribution >= 0.6 is 0 Å². The molecule has 0 saturated heterocycles. The van der Waals surface area contributed by atoms with E-state index in [9.17, 15) is 0 Å². The summed E-state index contributed by atoms with van der Waals surface area (Å²) in [6, 6.07) is 27.7. The van der Waals surface area contributed by atoms with E-state index in [0.717, 1.165) is 34.6 Å². The highest BCUT2D eigenvalue weighted by molar-refractivity contribution is 6.24. The molecule has 0 N–H and O–H groups in total. The van der Waals surface area contributed by atoms with Crippen LogP contribution in [-0.4, -0.2) is 10.7 Å². The maximum Gasteiger partial charge on any atom is 0.0810 e. The molecule has 0 spiro atoms. The van der Waals surface area contributed by atoms with E-state index in [-0.39, 0.29) is 0 Å². The number of hydrogen-bond acceptors (Lipinski definition) is 2. The van der Waals surface area contributed by atoms with Crippen LogP contribution in [0.15, 0.2) is 90.1 Å². The molecule has 2 aliphatic carbocycles.